The van der Waals surface area contributed by atoms with Crippen molar-refractivity contribution >= 4 is 15.6 Å². The van der Waals surface area contributed by atoms with Crippen LogP contribution >= 0.6 is 0 Å². The second-order valence-corrected chi connectivity index (χ2v) is 9.10. The smallest absolute Gasteiger partial charge is 0.236 e. The maximum absolute atomic E-state index is 13.6. The van der Waals surface area contributed by atoms with Crippen LogP contribution in [0.4, 0.5) is 8.78 Å². The molecule has 0 aliphatic carbocycles. The van der Waals surface area contributed by atoms with Crippen molar-refractivity contribution in [2.24, 2.45) is 0 Å². The molecule has 7 heteroatoms. The number of nitriles is 1. The summed E-state index contributed by atoms with van der Waals surface area (Å²) in [4.78, 5) is 0. The van der Waals surface area contributed by atoms with Gasteiger partial charge in [-0.3, -0.25) is 0 Å². The lowest BCUT2D eigenvalue weighted by Gasteiger charge is -2.15. The van der Waals surface area contributed by atoms with Crippen LogP contribution in [0.1, 0.15) is 31.0 Å². The molecule has 4 nitrogen and oxygen atoms in total. The van der Waals surface area contributed by atoms with Gasteiger partial charge in [-0.1, -0.05) is 32.6 Å². The highest BCUT2D eigenvalue weighted by molar-refractivity contribution is 7.89. The third-order valence-electron chi connectivity index (χ3n) is 4.73. The van der Waals surface area contributed by atoms with Crippen molar-refractivity contribution in [1.82, 2.24) is 3.97 Å². The Kier molecular flexibility index (Phi) is 5.64. The average molecular weight is 426 g/mol. The SMILES string of the molecule is C=C(C#N)c1c(-c2ccc(F)cc2)c(-c2ccc(F)cc2)n(S(C)(=O)=O)c1C(C)C. The Balaban J connectivity index is 2.61. The van der Waals surface area contributed by atoms with Crippen LogP contribution in [0.2, 0.25) is 0 Å². The molecule has 0 aliphatic rings. The zero-order valence-electron chi connectivity index (χ0n) is 16.8. The number of hydrogen-bond donors (Lipinski definition) is 0. The average Bonchev–Trinajstić information content (AvgIpc) is 3.05. The quantitative estimate of drug-likeness (QED) is 0.501. The van der Waals surface area contributed by atoms with Gasteiger partial charge in [0.2, 0.25) is 10.0 Å². The van der Waals surface area contributed by atoms with Crippen LogP contribution in [0.15, 0.2) is 55.1 Å². The minimum absolute atomic E-state index is 0.0868. The number of nitrogens with zero attached hydrogens (tertiary/aromatic N) is 2. The molecule has 0 saturated carbocycles. The lowest BCUT2D eigenvalue weighted by molar-refractivity contribution is 0.590. The first kappa shape index (κ1) is 21.5. The van der Waals surface area contributed by atoms with Gasteiger partial charge >= 0.3 is 0 Å². The van der Waals surface area contributed by atoms with E-state index < -0.39 is 21.7 Å². The van der Waals surface area contributed by atoms with Crippen LogP contribution in [0, 0.1) is 23.0 Å². The molecule has 3 aromatic rings. The van der Waals surface area contributed by atoms with E-state index in [9.17, 15) is 22.5 Å². The first-order valence-electron chi connectivity index (χ1n) is 9.16. The maximum Gasteiger partial charge on any atom is 0.236 e. The first-order valence-corrected chi connectivity index (χ1v) is 11.0. The van der Waals surface area contributed by atoms with Gasteiger partial charge < -0.3 is 0 Å². The van der Waals surface area contributed by atoms with Gasteiger partial charge in [0, 0.05) is 22.4 Å². The lowest BCUT2D eigenvalue weighted by Crippen LogP contribution is -2.16. The molecule has 1 aromatic heterocycles. The molecule has 0 atom stereocenters. The van der Waals surface area contributed by atoms with Crippen molar-refractivity contribution in [2.45, 2.75) is 19.8 Å². The monoisotopic (exact) mass is 426 g/mol. The molecule has 0 aliphatic heterocycles. The Bertz CT molecular complexity index is 1260. The maximum atomic E-state index is 13.6. The molecule has 0 N–H and O–H groups in total. The third-order valence-corrected chi connectivity index (χ3v) is 5.77. The Morgan fingerprint density at radius 1 is 1.00 bits per heavy atom. The normalized spacial score (nSPS) is 11.5. The molecular weight excluding hydrogens is 406 g/mol. The van der Waals surface area contributed by atoms with E-state index in [0.717, 1.165) is 6.26 Å². The number of rotatable bonds is 5. The first-order chi connectivity index (χ1) is 14.1. The van der Waals surface area contributed by atoms with Crippen LogP contribution in [0.5, 0.6) is 0 Å². The van der Waals surface area contributed by atoms with Crippen LogP contribution < -0.4 is 0 Å². The molecule has 0 saturated heterocycles. The van der Waals surface area contributed by atoms with Crippen LogP contribution in [0.3, 0.4) is 0 Å². The summed E-state index contributed by atoms with van der Waals surface area (Å²) >= 11 is 0. The highest BCUT2D eigenvalue weighted by atomic mass is 32.2. The van der Waals surface area contributed by atoms with E-state index >= 15 is 0 Å². The minimum atomic E-state index is -3.83. The molecule has 2 aromatic carbocycles. The molecule has 0 bridgehead atoms. The van der Waals surface area contributed by atoms with Crippen LogP contribution in [0.25, 0.3) is 28.0 Å². The van der Waals surface area contributed by atoms with E-state index in [-0.39, 0.29) is 17.2 Å². The molecule has 0 fully saturated rings. The third kappa shape index (κ3) is 3.79. The van der Waals surface area contributed by atoms with E-state index in [4.69, 9.17) is 0 Å². The van der Waals surface area contributed by atoms with Crippen molar-refractivity contribution in [1.29, 1.82) is 5.26 Å². The predicted octanol–water partition coefficient (Wildman–Crippen LogP) is 5.57. The molecule has 0 amide bonds. The Morgan fingerprint density at radius 3 is 1.87 bits per heavy atom. The Labute approximate surface area is 174 Å². The van der Waals surface area contributed by atoms with E-state index in [1.165, 1.54) is 52.5 Å². The van der Waals surface area contributed by atoms with Gasteiger partial charge in [0.15, 0.2) is 0 Å². The summed E-state index contributed by atoms with van der Waals surface area (Å²) in [7, 11) is -3.83. The van der Waals surface area contributed by atoms with Gasteiger partial charge in [0.1, 0.15) is 11.6 Å². The summed E-state index contributed by atoms with van der Waals surface area (Å²) < 4.78 is 54.1. The summed E-state index contributed by atoms with van der Waals surface area (Å²) in [5.74, 6) is -1.20. The summed E-state index contributed by atoms with van der Waals surface area (Å²) in [6, 6.07) is 13.0. The zero-order valence-corrected chi connectivity index (χ0v) is 17.6. The molecule has 0 radical (unpaired) electrons. The van der Waals surface area contributed by atoms with E-state index in [2.05, 4.69) is 6.58 Å². The van der Waals surface area contributed by atoms with E-state index in [1.54, 1.807) is 0 Å². The van der Waals surface area contributed by atoms with Gasteiger partial charge in [0.25, 0.3) is 0 Å². The van der Waals surface area contributed by atoms with Gasteiger partial charge in [-0.15, -0.1) is 0 Å². The molecule has 3 rings (SSSR count). The van der Waals surface area contributed by atoms with Gasteiger partial charge in [-0.25, -0.2) is 21.2 Å². The molecule has 0 spiro atoms. The summed E-state index contributed by atoms with van der Waals surface area (Å²) in [6.07, 6.45) is 1.07. The summed E-state index contributed by atoms with van der Waals surface area (Å²) in [5.41, 5.74) is 2.53. The standard InChI is InChI=1S/C23H20F2N2O2S/c1-14(2)22-20(15(3)13-26)21(16-5-9-18(24)10-6-16)23(27(22)30(4,28)29)17-7-11-19(25)12-8-17/h5-12,14H,3H2,1-2,4H3. The second-order valence-electron chi connectivity index (χ2n) is 7.27. The molecular formula is C23H20F2N2O2S. The van der Waals surface area contributed by atoms with E-state index in [0.29, 0.717) is 27.9 Å². The lowest BCUT2D eigenvalue weighted by atomic mass is 9.91. The van der Waals surface area contributed by atoms with E-state index in [1.807, 2.05) is 19.9 Å². The van der Waals surface area contributed by atoms with Gasteiger partial charge in [-0.05, 0) is 47.9 Å². The molecule has 0 unspecified atom stereocenters. The largest absolute Gasteiger partial charge is 0.241 e. The van der Waals surface area contributed by atoms with Crippen LogP contribution in [-0.2, 0) is 10.0 Å². The Morgan fingerprint density at radius 2 is 1.47 bits per heavy atom. The Hall–Kier alpha value is -3.24. The molecule has 1 heterocycles. The molecule has 30 heavy (non-hydrogen) atoms. The van der Waals surface area contributed by atoms with Gasteiger partial charge in [-0.2, -0.15) is 5.26 Å². The van der Waals surface area contributed by atoms with Gasteiger partial charge in [0.05, 0.1) is 23.6 Å². The highest BCUT2D eigenvalue weighted by Gasteiger charge is 2.31. The fraction of sp³-hybridized carbons (Fsp3) is 0.174. The predicted molar refractivity (Wildman–Crippen MR) is 114 cm³/mol. The second kappa shape index (κ2) is 7.88. The van der Waals surface area contributed by atoms with Crippen molar-refractivity contribution in [2.75, 3.05) is 6.26 Å². The summed E-state index contributed by atoms with van der Waals surface area (Å²) in [6.45, 7) is 7.46. The van der Waals surface area contributed by atoms with Crippen LogP contribution in [-0.4, -0.2) is 18.6 Å². The molecule has 154 valence electrons. The highest BCUT2D eigenvalue weighted by Crippen LogP contribution is 2.45. The van der Waals surface area contributed by atoms with Crippen molar-refractivity contribution in [3.63, 3.8) is 0 Å². The number of halogens is 2. The number of allylic oxidation sites excluding steroid dienone is 1. The number of aromatic nitrogens is 1. The topological polar surface area (TPSA) is 62.9 Å². The number of benzene rings is 2. The van der Waals surface area contributed by atoms with Crippen molar-refractivity contribution in [3.05, 3.63) is 78.0 Å². The van der Waals surface area contributed by atoms with Crippen molar-refractivity contribution < 1.29 is 17.2 Å². The minimum Gasteiger partial charge on any atom is -0.241 e. The van der Waals surface area contributed by atoms with Crippen molar-refractivity contribution in [3.8, 4) is 28.5 Å². The summed E-state index contributed by atoms with van der Waals surface area (Å²) in [5, 5.41) is 9.60. The zero-order chi connectivity index (χ0) is 22.2. The number of hydrogen-bond acceptors (Lipinski definition) is 3. The fourth-order valence-electron chi connectivity index (χ4n) is 3.57. The fourth-order valence-corrected chi connectivity index (χ4v) is 4.75.